The van der Waals surface area contributed by atoms with Crippen LogP contribution < -0.4 is 21.7 Å². The summed E-state index contributed by atoms with van der Waals surface area (Å²) in [5, 5.41) is 7.11. The van der Waals surface area contributed by atoms with Gasteiger partial charge in [-0.3, -0.25) is 19.2 Å². The summed E-state index contributed by atoms with van der Waals surface area (Å²) in [6.45, 7) is 10.6. The van der Waals surface area contributed by atoms with E-state index in [0.29, 0.717) is 25.8 Å². The predicted octanol–water partition coefficient (Wildman–Crippen LogP) is 0.255. The molecule has 1 heterocycles. The quantitative estimate of drug-likeness (QED) is 0.318. The third-order valence-corrected chi connectivity index (χ3v) is 3.80. The van der Waals surface area contributed by atoms with E-state index in [1.807, 2.05) is 13.8 Å². The van der Waals surface area contributed by atoms with Crippen molar-refractivity contribution in [2.75, 3.05) is 20.2 Å². The first kappa shape index (κ1) is 33.1. The fourth-order valence-electron chi connectivity index (χ4n) is 2.44. The molecule has 0 aromatic heterocycles. The van der Waals surface area contributed by atoms with Gasteiger partial charge in [-0.1, -0.05) is 27.4 Å². The predicted molar refractivity (Wildman–Crippen MR) is 122 cm³/mol. The molecule has 11 heteroatoms. The number of hydrogen-bond acceptors (Lipinski definition) is 6. The van der Waals surface area contributed by atoms with Crippen LogP contribution in [0.3, 0.4) is 0 Å². The Morgan fingerprint density at radius 3 is 2.19 bits per heavy atom. The van der Waals surface area contributed by atoms with Gasteiger partial charge in [-0.15, -0.1) is 12.8 Å². The number of primary amides is 1. The lowest BCUT2D eigenvalue weighted by Crippen LogP contribution is -2.54. The second kappa shape index (κ2) is 20.7. The number of nitrogens with two attached hydrogens (primary N) is 1. The molecule has 1 saturated heterocycles. The van der Waals surface area contributed by atoms with Gasteiger partial charge in [-0.05, 0) is 25.5 Å². The van der Waals surface area contributed by atoms with E-state index in [2.05, 4.69) is 40.1 Å². The third-order valence-electron chi connectivity index (χ3n) is 3.80. The second-order valence-corrected chi connectivity index (χ2v) is 5.86. The molecule has 0 unspecified atom stereocenters. The minimum absolute atomic E-state index is 0.0787. The van der Waals surface area contributed by atoms with Crippen LogP contribution in [0.15, 0.2) is 12.8 Å². The van der Waals surface area contributed by atoms with E-state index in [0.717, 1.165) is 0 Å². The number of nitrogens with one attached hydrogen (secondary N) is 3. The molecule has 32 heavy (non-hydrogen) atoms. The fraction of sp³-hybridized carbons (Fsp3) is 0.571. The highest BCUT2D eigenvalue weighted by molar-refractivity contribution is 5.92. The molecule has 11 nitrogen and oxygen atoms in total. The maximum absolute atomic E-state index is 12.4. The van der Waals surface area contributed by atoms with E-state index in [-0.39, 0.29) is 18.4 Å². The molecular weight excluding hydrogens is 418 g/mol. The van der Waals surface area contributed by atoms with Gasteiger partial charge in [0.05, 0.1) is 7.11 Å². The third kappa shape index (κ3) is 14.4. The van der Waals surface area contributed by atoms with E-state index >= 15 is 0 Å². The van der Waals surface area contributed by atoms with Crippen molar-refractivity contribution in [2.24, 2.45) is 5.73 Å². The number of methoxy groups -OCH3 is 1. The van der Waals surface area contributed by atoms with Crippen molar-refractivity contribution >= 4 is 29.7 Å². The Morgan fingerprint density at radius 1 is 1.25 bits per heavy atom. The molecule has 1 fully saturated rings. The van der Waals surface area contributed by atoms with Crippen LogP contribution in [-0.2, 0) is 23.9 Å². The first-order valence-electron chi connectivity index (χ1n) is 10.1. The monoisotopic (exact) mass is 455 g/mol. The Hall–Kier alpha value is -3.55. The molecule has 0 radical (unpaired) electrons. The lowest BCUT2D eigenvalue weighted by atomic mass is 10.1. The van der Waals surface area contributed by atoms with Gasteiger partial charge in [0.1, 0.15) is 18.6 Å². The minimum Gasteiger partial charge on any atom is -0.468 e. The smallest absolute Gasteiger partial charge is 0.325 e. The van der Waals surface area contributed by atoms with E-state index < -0.39 is 30.0 Å². The molecule has 0 aromatic carbocycles. The number of nitrogens with zero attached hydrogens (tertiary/aromatic N) is 1. The summed E-state index contributed by atoms with van der Waals surface area (Å²) in [7, 11) is 1.21. The van der Waals surface area contributed by atoms with Crippen molar-refractivity contribution in [2.45, 2.75) is 59.0 Å². The molecule has 2 atom stereocenters. The lowest BCUT2D eigenvalue weighted by molar-refractivity contribution is -0.139. The van der Waals surface area contributed by atoms with Gasteiger partial charge in [0.15, 0.2) is 0 Å². The van der Waals surface area contributed by atoms with Gasteiger partial charge in [0.2, 0.25) is 17.7 Å². The van der Waals surface area contributed by atoms with Crippen LogP contribution in [0, 0.1) is 12.8 Å². The first-order chi connectivity index (χ1) is 15.2. The molecular formula is C21H37N5O6. The summed E-state index contributed by atoms with van der Waals surface area (Å²) in [4.78, 5) is 57.6. The molecule has 1 aliphatic heterocycles. The van der Waals surface area contributed by atoms with Crippen LogP contribution in [0.1, 0.15) is 47.0 Å². The first-order valence-corrected chi connectivity index (χ1v) is 10.1. The zero-order valence-corrected chi connectivity index (χ0v) is 19.6. The van der Waals surface area contributed by atoms with E-state index in [9.17, 15) is 24.0 Å². The van der Waals surface area contributed by atoms with Crippen LogP contribution in [0.5, 0.6) is 0 Å². The van der Waals surface area contributed by atoms with Gasteiger partial charge in [-0.25, -0.2) is 4.79 Å². The van der Waals surface area contributed by atoms with Crippen LogP contribution in [0.2, 0.25) is 0 Å². The molecule has 5 amide bonds. The summed E-state index contributed by atoms with van der Waals surface area (Å²) in [6, 6.07) is -2.06. The van der Waals surface area contributed by atoms with Crippen LogP contribution in [-0.4, -0.2) is 66.9 Å². The maximum Gasteiger partial charge on any atom is 0.325 e. The molecule has 182 valence electrons. The second-order valence-electron chi connectivity index (χ2n) is 5.86. The molecule has 0 aromatic rings. The molecule has 0 spiro atoms. The summed E-state index contributed by atoms with van der Waals surface area (Å²) < 4.78 is 4.39. The fourth-order valence-corrected chi connectivity index (χ4v) is 2.44. The number of rotatable bonds is 7. The topological polar surface area (TPSA) is 160 Å². The SMILES string of the molecule is C#C.C=CNC(C)=O.CC.CC[C@H](NC(=O)NCC(=O)OC)C(=O)N1CCC[C@H]1C(N)=O. The Morgan fingerprint density at radius 2 is 1.81 bits per heavy atom. The summed E-state index contributed by atoms with van der Waals surface area (Å²) in [5.74, 6) is -1.57. The Bertz CT molecular complexity index is 635. The molecule has 0 saturated carbocycles. The van der Waals surface area contributed by atoms with E-state index in [4.69, 9.17) is 5.73 Å². The number of likely N-dealkylation sites (tertiary alicyclic amines) is 1. The Labute approximate surface area is 190 Å². The lowest BCUT2D eigenvalue weighted by Gasteiger charge is -2.27. The van der Waals surface area contributed by atoms with Crippen molar-refractivity contribution < 1.29 is 28.7 Å². The number of amides is 5. The van der Waals surface area contributed by atoms with Crippen molar-refractivity contribution in [3.63, 3.8) is 0 Å². The zero-order valence-electron chi connectivity index (χ0n) is 19.6. The normalized spacial score (nSPS) is 14.2. The highest BCUT2D eigenvalue weighted by Crippen LogP contribution is 2.18. The summed E-state index contributed by atoms with van der Waals surface area (Å²) in [6.07, 6.45) is 10.9. The molecule has 0 aliphatic carbocycles. The zero-order chi connectivity index (χ0) is 25.7. The Balaban J connectivity index is -0.000000713. The van der Waals surface area contributed by atoms with Crippen LogP contribution >= 0.6 is 0 Å². The molecule has 1 rings (SSSR count). The highest BCUT2D eigenvalue weighted by atomic mass is 16.5. The molecule has 1 aliphatic rings. The number of urea groups is 1. The van der Waals surface area contributed by atoms with E-state index in [1.165, 1.54) is 25.1 Å². The van der Waals surface area contributed by atoms with Gasteiger partial charge < -0.3 is 31.3 Å². The highest BCUT2D eigenvalue weighted by Gasteiger charge is 2.36. The largest absolute Gasteiger partial charge is 0.468 e. The standard InChI is InChI=1S/C13H22N4O5.C4H7NO.C2H6.C2H2/c1-3-8(16-13(21)15-7-10(18)22-2)12(20)17-6-4-5-9(17)11(14)19;1-3-5-4(2)6;2*1-2/h8-9H,3-7H2,1-2H3,(H2,14,19)(H2,15,16,21);3H,1H2,2H3,(H,5,6);1-2H3;1-2H/t8-,9-;;;/m0.../s1. The van der Waals surface area contributed by atoms with Gasteiger partial charge in [-0.2, -0.15) is 0 Å². The van der Waals surface area contributed by atoms with Crippen molar-refractivity contribution in [1.29, 1.82) is 0 Å². The average molecular weight is 456 g/mol. The van der Waals surface area contributed by atoms with Gasteiger partial charge >= 0.3 is 12.0 Å². The minimum atomic E-state index is -0.780. The Kier molecular flexibility index (Phi) is 21.4. The number of terminal acetylenes is 1. The number of ether oxygens (including phenoxy) is 1. The number of carbonyl (C=O) groups is 5. The number of carbonyl (C=O) groups excluding carboxylic acids is 5. The van der Waals surface area contributed by atoms with Crippen LogP contribution in [0.25, 0.3) is 0 Å². The van der Waals surface area contributed by atoms with Crippen molar-refractivity contribution in [3.8, 4) is 12.8 Å². The van der Waals surface area contributed by atoms with Gasteiger partial charge in [0.25, 0.3) is 0 Å². The maximum atomic E-state index is 12.4. The number of hydrogen-bond donors (Lipinski definition) is 4. The summed E-state index contributed by atoms with van der Waals surface area (Å²) in [5.41, 5.74) is 5.28. The van der Waals surface area contributed by atoms with Crippen molar-refractivity contribution in [1.82, 2.24) is 20.9 Å². The molecule has 5 N–H and O–H groups in total. The number of esters is 1. The van der Waals surface area contributed by atoms with E-state index in [1.54, 1.807) is 6.92 Å². The summed E-state index contributed by atoms with van der Waals surface area (Å²) >= 11 is 0. The van der Waals surface area contributed by atoms with Crippen LogP contribution in [0.4, 0.5) is 4.79 Å². The van der Waals surface area contributed by atoms with Crippen molar-refractivity contribution in [3.05, 3.63) is 12.8 Å². The average Bonchev–Trinajstić information content (AvgIpc) is 3.28. The molecule has 0 bridgehead atoms. The van der Waals surface area contributed by atoms with Gasteiger partial charge in [0, 0.05) is 13.5 Å².